The Morgan fingerprint density at radius 2 is 0.857 bits per heavy atom. The SMILES string of the molecule is [C-]#[N+]C(=Cc1cc(CCCCCC)c(-c2cc(CCCCCC)c(-c3cc(CCCCCC)c(-c4cc(CCCCCC)c(-c5cc(CCCCCC)c(-c6ccc7c(c6)c6ccccc6n7CC)s5)s4)s3)s2)s1)C(=O)O. The third-order valence-corrected chi connectivity index (χ3v) is 22.0. The Morgan fingerprint density at radius 3 is 1.27 bits per heavy atom. The van der Waals surface area contributed by atoms with Crippen LogP contribution in [0.2, 0.25) is 0 Å². The van der Waals surface area contributed by atoms with Crippen LogP contribution < -0.4 is 0 Å². The van der Waals surface area contributed by atoms with Gasteiger partial charge in [0.1, 0.15) is 0 Å². The fraction of sp³-hybridized carbons (Fsp3) is 0.471. The third kappa shape index (κ3) is 14.6. The van der Waals surface area contributed by atoms with Gasteiger partial charge in [-0.3, -0.25) is 4.79 Å². The number of hydrogen-bond donors (Lipinski definition) is 1. The molecule has 0 aliphatic carbocycles. The predicted molar refractivity (Wildman–Crippen MR) is 343 cm³/mol. The summed E-state index contributed by atoms with van der Waals surface area (Å²) in [5.41, 5.74) is 11.0. The number of para-hydroxylation sites is 1. The largest absolute Gasteiger partial charge is 0.486 e. The lowest BCUT2D eigenvalue weighted by Gasteiger charge is -2.06. The van der Waals surface area contributed by atoms with Crippen molar-refractivity contribution < 1.29 is 9.90 Å². The molecule has 1 N–H and O–H groups in total. The van der Waals surface area contributed by atoms with Gasteiger partial charge in [-0.1, -0.05) is 155 Å². The van der Waals surface area contributed by atoms with Crippen molar-refractivity contribution >= 4 is 90.5 Å². The van der Waals surface area contributed by atoms with Crippen LogP contribution in [-0.2, 0) is 43.4 Å². The number of aryl methyl sites for hydroxylation is 6. The summed E-state index contributed by atoms with van der Waals surface area (Å²) >= 11 is 9.74. The van der Waals surface area contributed by atoms with Gasteiger partial charge in [-0.25, -0.2) is 4.85 Å². The van der Waals surface area contributed by atoms with Crippen molar-refractivity contribution in [1.82, 2.24) is 4.57 Å². The first-order valence-corrected chi connectivity index (χ1v) is 33.8. The average Bonchev–Trinajstić information content (AvgIpc) is 4.38. The van der Waals surface area contributed by atoms with Crippen LogP contribution in [-0.4, -0.2) is 15.6 Å². The van der Waals surface area contributed by atoms with Gasteiger partial charge in [-0.05, 0) is 159 Å². The van der Waals surface area contributed by atoms with E-state index in [9.17, 15) is 9.90 Å². The smallest absolute Gasteiger partial charge is 0.333 e. The standard InChI is InChI=1S/C68H84N2O2S5/c1-8-14-19-24-31-47-40-53(46-56(69-7)68(71)72)73-64(47)59-43-49(33-26-21-16-10-3)66(75-59)61-45-51(35-28-23-18-12-5)67(77-61)62-44-50(34-27-22-17-11-4)65(76-62)60-42-48(32-25-20-15-9-2)63(74-60)52-38-39-58-55(41-52)54-36-29-30-37-57(54)70(58)13-6/h29-30,36-46H,8-28,31-35H2,1-6H3,(H,71,72). The maximum atomic E-state index is 12.0. The maximum absolute atomic E-state index is 12.0. The fourth-order valence-electron chi connectivity index (χ4n) is 11.2. The number of carbonyl (C=O) groups is 1. The number of benzene rings is 2. The molecule has 0 saturated heterocycles. The molecule has 0 saturated carbocycles. The molecule has 0 bridgehead atoms. The van der Waals surface area contributed by atoms with Gasteiger partial charge in [0.15, 0.2) is 0 Å². The molecule has 77 heavy (non-hydrogen) atoms. The molecular formula is C68H84N2O2S5. The van der Waals surface area contributed by atoms with E-state index in [1.165, 1.54) is 221 Å². The highest BCUT2D eigenvalue weighted by molar-refractivity contribution is 7.30. The van der Waals surface area contributed by atoms with E-state index >= 15 is 0 Å². The van der Waals surface area contributed by atoms with Gasteiger partial charge in [-0.15, -0.1) is 56.7 Å². The van der Waals surface area contributed by atoms with Crippen molar-refractivity contribution in [1.29, 1.82) is 0 Å². The molecule has 6 aromatic heterocycles. The summed E-state index contributed by atoms with van der Waals surface area (Å²) in [7, 11) is 0. The molecule has 0 radical (unpaired) electrons. The minimum Gasteiger partial charge on any atom is -0.486 e. The summed E-state index contributed by atoms with van der Waals surface area (Å²) in [6.07, 6.45) is 31.4. The van der Waals surface area contributed by atoms with Crippen LogP contribution in [0, 0.1) is 6.57 Å². The van der Waals surface area contributed by atoms with Gasteiger partial charge in [-0.2, -0.15) is 0 Å². The van der Waals surface area contributed by atoms with Gasteiger partial charge < -0.3 is 9.67 Å². The number of nitrogens with zero attached hydrogens (tertiary/aromatic N) is 2. The molecular weight excluding hydrogens is 1040 g/mol. The molecule has 6 heterocycles. The topological polar surface area (TPSA) is 46.6 Å². The molecule has 0 spiro atoms. The first-order valence-electron chi connectivity index (χ1n) is 29.7. The fourth-order valence-corrected chi connectivity index (χ4v) is 17.7. The Morgan fingerprint density at radius 1 is 0.468 bits per heavy atom. The molecule has 2 aromatic carbocycles. The zero-order valence-corrected chi connectivity index (χ0v) is 51.3. The molecule has 408 valence electrons. The van der Waals surface area contributed by atoms with E-state index in [4.69, 9.17) is 6.57 Å². The van der Waals surface area contributed by atoms with Gasteiger partial charge in [0.05, 0.1) is 6.57 Å². The minimum atomic E-state index is -1.17. The molecule has 8 rings (SSSR count). The molecule has 0 unspecified atom stereocenters. The van der Waals surface area contributed by atoms with E-state index in [0.29, 0.717) is 0 Å². The first-order chi connectivity index (χ1) is 37.7. The van der Waals surface area contributed by atoms with Crippen molar-refractivity contribution in [3.63, 3.8) is 0 Å². The molecule has 9 heteroatoms. The van der Waals surface area contributed by atoms with E-state index in [-0.39, 0.29) is 5.70 Å². The van der Waals surface area contributed by atoms with Crippen molar-refractivity contribution in [2.45, 2.75) is 209 Å². The van der Waals surface area contributed by atoms with Crippen LogP contribution in [0.5, 0.6) is 0 Å². The number of carboxylic acids is 1. The van der Waals surface area contributed by atoms with Crippen LogP contribution in [0.25, 0.3) is 82.2 Å². The molecule has 0 aliphatic heterocycles. The quantitative estimate of drug-likeness (QED) is 0.0253. The highest BCUT2D eigenvalue weighted by Crippen LogP contribution is 2.52. The Balaban J connectivity index is 1.24. The lowest BCUT2D eigenvalue weighted by molar-refractivity contribution is -0.132. The Hall–Kier alpha value is -4.56. The highest BCUT2D eigenvalue weighted by atomic mass is 32.1. The van der Waals surface area contributed by atoms with E-state index in [1.54, 1.807) is 17.4 Å². The zero-order chi connectivity index (χ0) is 54.1. The zero-order valence-electron chi connectivity index (χ0n) is 47.2. The van der Waals surface area contributed by atoms with Gasteiger partial charge in [0, 0.05) is 77.1 Å². The number of fused-ring (bicyclic) bond motifs is 3. The van der Waals surface area contributed by atoms with Crippen molar-refractivity contribution in [3.05, 3.63) is 123 Å². The molecule has 0 amide bonds. The summed E-state index contributed by atoms with van der Waals surface area (Å²) in [5, 5.41) is 12.5. The molecule has 0 atom stereocenters. The number of aromatic nitrogens is 1. The minimum absolute atomic E-state index is 0.228. The number of hydrogen-bond acceptors (Lipinski definition) is 6. The molecule has 4 nitrogen and oxygen atoms in total. The second kappa shape index (κ2) is 29.6. The van der Waals surface area contributed by atoms with Gasteiger partial charge in [0.25, 0.3) is 5.70 Å². The lowest BCUT2D eigenvalue weighted by atomic mass is 10.0. The second-order valence-corrected chi connectivity index (χ2v) is 26.6. The summed E-state index contributed by atoms with van der Waals surface area (Å²) < 4.78 is 2.47. The number of carboxylic acid groups (broad SMARTS) is 1. The van der Waals surface area contributed by atoms with E-state index < -0.39 is 5.97 Å². The first kappa shape index (κ1) is 58.6. The summed E-state index contributed by atoms with van der Waals surface area (Å²) in [6.45, 7) is 22.3. The van der Waals surface area contributed by atoms with Gasteiger partial charge in [0.2, 0.25) is 0 Å². The number of unbranched alkanes of at least 4 members (excludes halogenated alkanes) is 15. The van der Waals surface area contributed by atoms with Crippen LogP contribution in [0.4, 0.5) is 0 Å². The van der Waals surface area contributed by atoms with E-state index in [2.05, 4.69) is 135 Å². The van der Waals surface area contributed by atoms with Crippen LogP contribution in [0.3, 0.4) is 0 Å². The predicted octanol–water partition coefficient (Wildman–Crippen LogP) is 23.4. The maximum Gasteiger partial charge on any atom is 0.333 e. The number of aliphatic carboxylic acids is 1. The van der Waals surface area contributed by atoms with Crippen molar-refractivity contribution in [2.24, 2.45) is 0 Å². The highest BCUT2D eigenvalue weighted by Gasteiger charge is 2.25. The van der Waals surface area contributed by atoms with Crippen LogP contribution in [0.15, 0.2) is 78.5 Å². The van der Waals surface area contributed by atoms with E-state index in [0.717, 1.165) is 49.9 Å². The summed E-state index contributed by atoms with van der Waals surface area (Å²) in [4.78, 5) is 28.8. The Bertz CT molecular complexity index is 3240. The average molecular weight is 1120 g/mol. The van der Waals surface area contributed by atoms with Crippen molar-refractivity contribution in [2.75, 3.05) is 0 Å². The third-order valence-electron chi connectivity index (χ3n) is 15.4. The summed E-state index contributed by atoms with van der Waals surface area (Å²) in [5.74, 6) is -1.17. The van der Waals surface area contributed by atoms with Crippen LogP contribution >= 0.6 is 56.7 Å². The van der Waals surface area contributed by atoms with Crippen molar-refractivity contribution in [3.8, 4) is 49.5 Å². The lowest BCUT2D eigenvalue weighted by Crippen LogP contribution is -1.94. The van der Waals surface area contributed by atoms with E-state index in [1.807, 2.05) is 34.0 Å². The Labute approximate surface area is 482 Å². The monoisotopic (exact) mass is 1120 g/mol. The summed E-state index contributed by atoms with van der Waals surface area (Å²) in [6, 6.07) is 28.7. The molecule has 8 aromatic rings. The molecule has 0 aliphatic rings. The van der Waals surface area contributed by atoms with Gasteiger partial charge >= 0.3 is 5.97 Å². The van der Waals surface area contributed by atoms with Crippen LogP contribution in [0.1, 0.15) is 203 Å². The molecule has 0 fully saturated rings. The number of thiophene rings is 5. The second-order valence-electron chi connectivity index (χ2n) is 21.4. The Kier molecular flexibility index (Phi) is 22.5. The normalized spacial score (nSPS) is 12.0. The number of rotatable bonds is 33.